The number of carbonyl (C=O) groups is 2. The lowest BCUT2D eigenvalue weighted by molar-refractivity contribution is -0.123. The van der Waals surface area contributed by atoms with Gasteiger partial charge in [-0.1, -0.05) is 0 Å². The molecule has 1 atom stereocenters. The van der Waals surface area contributed by atoms with E-state index in [0.717, 1.165) is 24.2 Å². The minimum absolute atomic E-state index is 0.114. The van der Waals surface area contributed by atoms with Crippen molar-refractivity contribution in [2.24, 2.45) is 11.3 Å². The van der Waals surface area contributed by atoms with Crippen molar-refractivity contribution < 1.29 is 14.0 Å². The number of amides is 2. The molecule has 9 heteroatoms. The van der Waals surface area contributed by atoms with Crippen molar-refractivity contribution in [3.63, 3.8) is 0 Å². The molecule has 36 heavy (non-hydrogen) atoms. The van der Waals surface area contributed by atoms with Crippen LogP contribution in [0, 0.1) is 49.3 Å². The monoisotopic (exact) mass is 486 g/mol. The van der Waals surface area contributed by atoms with Crippen LogP contribution < -0.4 is 10.2 Å². The fraction of sp³-hybridized carbons (Fsp3) is 0.370. The highest BCUT2D eigenvalue weighted by Gasteiger charge is 2.56. The second-order valence-electron chi connectivity index (χ2n) is 9.78. The molecule has 0 radical (unpaired) electrons. The van der Waals surface area contributed by atoms with Crippen molar-refractivity contribution in [1.82, 2.24) is 14.8 Å². The van der Waals surface area contributed by atoms with E-state index in [1.54, 1.807) is 15.6 Å². The Bertz CT molecular complexity index is 1450. The molecule has 2 fully saturated rings. The number of aromatic nitrogens is 3. The van der Waals surface area contributed by atoms with Gasteiger partial charge < -0.3 is 10.2 Å². The fourth-order valence-electron chi connectivity index (χ4n) is 5.26. The Morgan fingerprint density at radius 1 is 1.17 bits per heavy atom. The molecule has 2 aliphatic rings. The first-order valence-electron chi connectivity index (χ1n) is 12.0. The van der Waals surface area contributed by atoms with Crippen molar-refractivity contribution in [2.45, 2.75) is 47.0 Å². The number of aryl methyl sites for hydroxylation is 3. The van der Waals surface area contributed by atoms with Gasteiger partial charge in [0.25, 0.3) is 0 Å². The molecular formula is C27H27FN6O2. The van der Waals surface area contributed by atoms with E-state index in [2.05, 4.69) is 16.5 Å². The average molecular weight is 487 g/mol. The molecule has 3 heterocycles. The zero-order valence-corrected chi connectivity index (χ0v) is 20.7. The normalized spacial score (nSPS) is 19.4. The summed E-state index contributed by atoms with van der Waals surface area (Å²) < 4.78 is 16.4. The smallest absolute Gasteiger partial charge is 0.247 e. The molecule has 0 bridgehead atoms. The molecular weight excluding hydrogens is 459 g/mol. The van der Waals surface area contributed by atoms with Crippen LogP contribution in [0.25, 0.3) is 16.9 Å². The maximum atomic E-state index is 14.8. The highest BCUT2D eigenvalue weighted by Crippen LogP contribution is 2.52. The van der Waals surface area contributed by atoms with Gasteiger partial charge in [0.1, 0.15) is 11.2 Å². The van der Waals surface area contributed by atoms with Gasteiger partial charge in [0.15, 0.2) is 0 Å². The van der Waals surface area contributed by atoms with Crippen LogP contribution in [0.4, 0.5) is 15.8 Å². The molecule has 1 aliphatic heterocycles. The van der Waals surface area contributed by atoms with Gasteiger partial charge in [-0.2, -0.15) is 10.4 Å². The predicted octanol–water partition coefficient (Wildman–Crippen LogP) is 4.61. The maximum Gasteiger partial charge on any atom is 0.247 e. The zero-order valence-electron chi connectivity index (χ0n) is 20.7. The van der Waals surface area contributed by atoms with Gasteiger partial charge in [0, 0.05) is 42.2 Å². The first-order chi connectivity index (χ1) is 17.1. The fourth-order valence-corrected chi connectivity index (χ4v) is 5.26. The Labute approximate surface area is 208 Å². The summed E-state index contributed by atoms with van der Waals surface area (Å²) in [4.78, 5) is 31.8. The standard InChI is InChI=1S/C27H27FN6O2/c1-15-10-21(33-8-7-27(14-29,26(33)36)19-5-6-19)13-23(30-15)25-22(31-18(4)35)11-20(28)12-24(25)34-17(3)9-16(2)32-34/h9-13,19H,5-8H2,1-4H3,(H,31,35)/t27-/m1/s1. The van der Waals surface area contributed by atoms with E-state index in [1.165, 1.54) is 19.1 Å². The summed E-state index contributed by atoms with van der Waals surface area (Å²) in [5.41, 5.74) is 3.48. The van der Waals surface area contributed by atoms with Gasteiger partial charge in [0.05, 0.1) is 28.8 Å². The number of halogens is 1. The van der Waals surface area contributed by atoms with Crippen molar-refractivity contribution in [3.05, 3.63) is 53.2 Å². The largest absolute Gasteiger partial charge is 0.326 e. The zero-order chi connectivity index (χ0) is 25.8. The third-order valence-electron chi connectivity index (χ3n) is 6.97. The number of anilines is 2. The van der Waals surface area contributed by atoms with E-state index in [1.807, 2.05) is 32.9 Å². The first-order valence-corrected chi connectivity index (χ1v) is 12.0. The molecule has 5 rings (SSSR count). The van der Waals surface area contributed by atoms with Crippen LogP contribution in [0.15, 0.2) is 30.3 Å². The molecule has 184 valence electrons. The second kappa shape index (κ2) is 8.55. The quantitative estimate of drug-likeness (QED) is 0.567. The summed E-state index contributed by atoms with van der Waals surface area (Å²) in [5, 5.41) is 17.1. The van der Waals surface area contributed by atoms with Crippen LogP contribution in [0.3, 0.4) is 0 Å². The van der Waals surface area contributed by atoms with Gasteiger partial charge in [0.2, 0.25) is 11.8 Å². The number of hydrogen-bond donors (Lipinski definition) is 1. The van der Waals surface area contributed by atoms with Gasteiger partial charge in [-0.15, -0.1) is 0 Å². The Morgan fingerprint density at radius 2 is 1.92 bits per heavy atom. The minimum atomic E-state index is -0.969. The summed E-state index contributed by atoms with van der Waals surface area (Å²) in [6.45, 7) is 7.33. The lowest BCUT2D eigenvalue weighted by atomic mass is 9.83. The first kappa shape index (κ1) is 23.7. The molecule has 8 nitrogen and oxygen atoms in total. The maximum absolute atomic E-state index is 14.8. The van der Waals surface area contributed by atoms with E-state index in [0.29, 0.717) is 41.3 Å². The highest BCUT2D eigenvalue weighted by molar-refractivity contribution is 6.03. The number of nitrogens with zero attached hydrogens (tertiary/aromatic N) is 5. The Kier molecular flexibility index (Phi) is 5.62. The summed E-state index contributed by atoms with van der Waals surface area (Å²) >= 11 is 0. The number of nitriles is 1. The van der Waals surface area contributed by atoms with Gasteiger partial charge in [-0.3, -0.25) is 14.6 Å². The summed E-state index contributed by atoms with van der Waals surface area (Å²) in [5.74, 6) is -0.949. The summed E-state index contributed by atoms with van der Waals surface area (Å²) in [6, 6.07) is 10.4. The summed E-state index contributed by atoms with van der Waals surface area (Å²) in [7, 11) is 0. The number of hydrogen-bond acceptors (Lipinski definition) is 5. The van der Waals surface area contributed by atoms with E-state index >= 15 is 0 Å². The Balaban J connectivity index is 1.68. The molecule has 1 aliphatic carbocycles. The van der Waals surface area contributed by atoms with E-state index in [4.69, 9.17) is 4.98 Å². The molecule has 3 aromatic rings. The lowest BCUT2D eigenvalue weighted by Gasteiger charge is -2.22. The molecule has 1 N–H and O–H groups in total. The van der Waals surface area contributed by atoms with E-state index in [-0.39, 0.29) is 23.4 Å². The van der Waals surface area contributed by atoms with Crippen LogP contribution in [-0.4, -0.2) is 33.1 Å². The van der Waals surface area contributed by atoms with Crippen LogP contribution in [0.2, 0.25) is 0 Å². The van der Waals surface area contributed by atoms with E-state index in [9.17, 15) is 19.2 Å². The molecule has 2 amide bonds. The minimum Gasteiger partial charge on any atom is -0.326 e. The number of rotatable bonds is 5. The second-order valence-corrected chi connectivity index (χ2v) is 9.78. The molecule has 1 saturated heterocycles. The number of nitrogens with one attached hydrogen (secondary N) is 1. The molecule has 1 aromatic carbocycles. The molecule has 1 saturated carbocycles. The van der Waals surface area contributed by atoms with Crippen molar-refractivity contribution in [2.75, 3.05) is 16.8 Å². The van der Waals surface area contributed by atoms with Gasteiger partial charge in [-0.05, 0) is 70.2 Å². The third kappa shape index (κ3) is 3.92. The lowest BCUT2D eigenvalue weighted by Crippen LogP contribution is -2.35. The van der Waals surface area contributed by atoms with Gasteiger partial charge >= 0.3 is 0 Å². The summed E-state index contributed by atoms with van der Waals surface area (Å²) in [6.07, 6.45) is 2.29. The van der Waals surface area contributed by atoms with Crippen LogP contribution in [-0.2, 0) is 9.59 Å². The predicted molar refractivity (Wildman–Crippen MR) is 133 cm³/mol. The van der Waals surface area contributed by atoms with E-state index < -0.39 is 11.2 Å². The molecule has 2 aromatic heterocycles. The topological polar surface area (TPSA) is 104 Å². The molecule has 0 unspecified atom stereocenters. The Hall–Kier alpha value is -4.06. The van der Waals surface area contributed by atoms with Crippen LogP contribution >= 0.6 is 0 Å². The number of benzene rings is 1. The van der Waals surface area contributed by atoms with Crippen LogP contribution in [0.5, 0.6) is 0 Å². The third-order valence-corrected chi connectivity index (χ3v) is 6.97. The molecule has 0 spiro atoms. The highest BCUT2D eigenvalue weighted by atomic mass is 19.1. The SMILES string of the molecule is CC(=O)Nc1cc(F)cc(-n2nc(C)cc2C)c1-c1cc(N2CC[C@@](C#N)(C3CC3)C2=O)cc(C)n1. The van der Waals surface area contributed by atoms with Crippen molar-refractivity contribution >= 4 is 23.2 Å². The van der Waals surface area contributed by atoms with Crippen molar-refractivity contribution in [1.29, 1.82) is 5.26 Å². The van der Waals surface area contributed by atoms with Crippen molar-refractivity contribution in [3.8, 4) is 23.0 Å². The van der Waals surface area contributed by atoms with Gasteiger partial charge in [-0.25, -0.2) is 9.07 Å². The average Bonchev–Trinajstić information content (AvgIpc) is 3.52. The van der Waals surface area contributed by atoms with Crippen LogP contribution in [0.1, 0.15) is 43.3 Å². The number of pyridine rings is 1. The Morgan fingerprint density at radius 3 is 2.53 bits per heavy atom. The number of carbonyl (C=O) groups excluding carboxylic acids is 2.